The molecule has 0 aliphatic heterocycles. The van der Waals surface area contributed by atoms with E-state index in [2.05, 4.69) is 21.4 Å². The van der Waals surface area contributed by atoms with Crippen molar-refractivity contribution in [3.63, 3.8) is 0 Å². The van der Waals surface area contributed by atoms with Gasteiger partial charge in [-0.05, 0) is 17.7 Å². The van der Waals surface area contributed by atoms with E-state index >= 15 is 0 Å². The van der Waals surface area contributed by atoms with Gasteiger partial charge in [-0.3, -0.25) is 0 Å². The fraction of sp³-hybridized carbons (Fsp3) is 0.0833. The molecular weight excluding hydrogens is 236 g/mol. The molecule has 1 heterocycles. The highest BCUT2D eigenvalue weighted by molar-refractivity contribution is 6.31. The molecule has 0 aliphatic rings. The van der Waals surface area contributed by atoms with Crippen LogP contribution in [0.4, 0.5) is 11.5 Å². The zero-order chi connectivity index (χ0) is 12.1. The van der Waals surface area contributed by atoms with E-state index in [1.807, 2.05) is 24.3 Å². The number of halogens is 1. The van der Waals surface area contributed by atoms with E-state index in [1.165, 1.54) is 6.20 Å². The standard InChI is InChI=1S/C12H9ClN4/c13-11-12(16-8-7-15-11)17-10-3-1-9(2-4-10)5-6-14/h1-4,7-8H,5H2,(H,16,17). The van der Waals surface area contributed by atoms with Gasteiger partial charge in [0.15, 0.2) is 11.0 Å². The molecule has 4 nitrogen and oxygen atoms in total. The first kappa shape index (κ1) is 11.4. The average molecular weight is 245 g/mol. The van der Waals surface area contributed by atoms with Gasteiger partial charge in [0.05, 0.1) is 12.5 Å². The molecule has 0 unspecified atom stereocenters. The highest BCUT2D eigenvalue weighted by Crippen LogP contribution is 2.20. The van der Waals surface area contributed by atoms with Gasteiger partial charge in [0.1, 0.15) is 0 Å². The number of aromatic nitrogens is 2. The lowest BCUT2D eigenvalue weighted by atomic mass is 10.1. The molecule has 0 fully saturated rings. The minimum Gasteiger partial charge on any atom is -0.338 e. The largest absolute Gasteiger partial charge is 0.338 e. The minimum atomic E-state index is 0.327. The van der Waals surface area contributed by atoms with Gasteiger partial charge in [0.25, 0.3) is 0 Å². The van der Waals surface area contributed by atoms with E-state index in [0.29, 0.717) is 17.4 Å². The summed E-state index contributed by atoms with van der Waals surface area (Å²) < 4.78 is 0. The van der Waals surface area contributed by atoms with Crippen LogP contribution in [-0.4, -0.2) is 9.97 Å². The second-order valence-electron chi connectivity index (χ2n) is 3.35. The predicted molar refractivity (Wildman–Crippen MR) is 66.1 cm³/mol. The average Bonchev–Trinajstić information content (AvgIpc) is 2.35. The molecule has 2 rings (SSSR count). The predicted octanol–water partition coefficient (Wildman–Crippen LogP) is 2.94. The second-order valence-corrected chi connectivity index (χ2v) is 3.71. The number of nitrogens with zero attached hydrogens (tertiary/aromatic N) is 3. The van der Waals surface area contributed by atoms with Crippen LogP contribution in [-0.2, 0) is 6.42 Å². The fourth-order valence-corrected chi connectivity index (χ4v) is 1.49. The molecular formula is C12H9ClN4. The molecule has 0 saturated carbocycles. The molecule has 0 radical (unpaired) electrons. The van der Waals surface area contributed by atoms with Crippen molar-refractivity contribution in [2.45, 2.75) is 6.42 Å². The third-order valence-corrected chi connectivity index (χ3v) is 2.43. The molecule has 0 saturated heterocycles. The quantitative estimate of drug-likeness (QED) is 0.902. The lowest BCUT2D eigenvalue weighted by Crippen LogP contribution is -1.95. The van der Waals surface area contributed by atoms with Crippen LogP contribution in [0.2, 0.25) is 5.15 Å². The second kappa shape index (κ2) is 5.28. The summed E-state index contributed by atoms with van der Waals surface area (Å²) in [6.45, 7) is 0. The van der Waals surface area contributed by atoms with Crippen LogP contribution in [0.25, 0.3) is 0 Å². The number of hydrogen-bond donors (Lipinski definition) is 1. The van der Waals surface area contributed by atoms with E-state index in [1.54, 1.807) is 6.20 Å². The number of anilines is 2. The summed E-state index contributed by atoms with van der Waals surface area (Å²) in [7, 11) is 0. The van der Waals surface area contributed by atoms with Crippen molar-refractivity contribution < 1.29 is 0 Å². The summed E-state index contributed by atoms with van der Waals surface area (Å²) in [5, 5.41) is 11.9. The normalized spacial score (nSPS) is 9.65. The van der Waals surface area contributed by atoms with Crippen molar-refractivity contribution >= 4 is 23.1 Å². The van der Waals surface area contributed by atoms with E-state index < -0.39 is 0 Å². The Bertz CT molecular complexity index is 545. The molecule has 1 aromatic heterocycles. The van der Waals surface area contributed by atoms with Crippen molar-refractivity contribution in [3.8, 4) is 6.07 Å². The lowest BCUT2D eigenvalue weighted by molar-refractivity contribution is 1.20. The summed E-state index contributed by atoms with van der Waals surface area (Å²) in [4.78, 5) is 7.99. The Morgan fingerprint density at radius 2 is 1.88 bits per heavy atom. The molecule has 1 aromatic carbocycles. The molecule has 0 aliphatic carbocycles. The van der Waals surface area contributed by atoms with Gasteiger partial charge in [-0.25, -0.2) is 9.97 Å². The number of rotatable bonds is 3. The van der Waals surface area contributed by atoms with Gasteiger partial charge in [-0.2, -0.15) is 5.26 Å². The Hall–Kier alpha value is -2.12. The van der Waals surface area contributed by atoms with Crippen LogP contribution in [0.3, 0.4) is 0 Å². The van der Waals surface area contributed by atoms with Crippen LogP contribution in [0.15, 0.2) is 36.7 Å². The van der Waals surface area contributed by atoms with Gasteiger partial charge >= 0.3 is 0 Å². The maximum Gasteiger partial charge on any atom is 0.171 e. The molecule has 17 heavy (non-hydrogen) atoms. The molecule has 84 valence electrons. The van der Waals surface area contributed by atoms with Crippen molar-refractivity contribution in [1.29, 1.82) is 5.26 Å². The van der Waals surface area contributed by atoms with Crippen LogP contribution >= 0.6 is 11.6 Å². The summed E-state index contributed by atoms with van der Waals surface area (Å²) >= 11 is 5.88. The van der Waals surface area contributed by atoms with Crippen LogP contribution in [0.1, 0.15) is 5.56 Å². The summed E-state index contributed by atoms with van der Waals surface area (Å²) in [5.74, 6) is 0.516. The van der Waals surface area contributed by atoms with Gasteiger partial charge < -0.3 is 5.32 Å². The minimum absolute atomic E-state index is 0.327. The van der Waals surface area contributed by atoms with Gasteiger partial charge in [0, 0.05) is 18.1 Å². The first-order chi connectivity index (χ1) is 8.29. The Kier molecular flexibility index (Phi) is 3.53. The maximum absolute atomic E-state index is 8.56. The molecule has 0 atom stereocenters. The molecule has 2 aromatic rings. The number of nitrogens with one attached hydrogen (secondary N) is 1. The first-order valence-electron chi connectivity index (χ1n) is 4.99. The van der Waals surface area contributed by atoms with Crippen LogP contribution in [0, 0.1) is 11.3 Å². The third kappa shape index (κ3) is 2.92. The Morgan fingerprint density at radius 1 is 1.18 bits per heavy atom. The molecule has 5 heteroatoms. The van der Waals surface area contributed by atoms with E-state index in [9.17, 15) is 0 Å². The molecule has 0 spiro atoms. The van der Waals surface area contributed by atoms with Gasteiger partial charge in [0.2, 0.25) is 0 Å². The number of benzene rings is 1. The SMILES string of the molecule is N#CCc1ccc(Nc2nccnc2Cl)cc1. The van der Waals surface area contributed by atoms with Crippen LogP contribution in [0.5, 0.6) is 0 Å². The third-order valence-electron chi connectivity index (χ3n) is 2.15. The van der Waals surface area contributed by atoms with Crippen LogP contribution < -0.4 is 5.32 Å². The first-order valence-corrected chi connectivity index (χ1v) is 5.37. The topological polar surface area (TPSA) is 61.6 Å². The summed E-state index contributed by atoms with van der Waals surface area (Å²) in [6, 6.07) is 9.61. The number of nitriles is 1. The number of hydrogen-bond acceptors (Lipinski definition) is 4. The monoisotopic (exact) mass is 244 g/mol. The highest BCUT2D eigenvalue weighted by atomic mass is 35.5. The summed E-state index contributed by atoms with van der Waals surface area (Å²) in [6.07, 6.45) is 3.51. The van der Waals surface area contributed by atoms with Crippen molar-refractivity contribution in [3.05, 3.63) is 47.4 Å². The van der Waals surface area contributed by atoms with Crippen molar-refractivity contribution in [1.82, 2.24) is 9.97 Å². The molecule has 1 N–H and O–H groups in total. The smallest absolute Gasteiger partial charge is 0.171 e. The Labute approximate surface area is 104 Å². The molecule has 0 amide bonds. The van der Waals surface area contributed by atoms with Crippen molar-refractivity contribution in [2.24, 2.45) is 0 Å². The van der Waals surface area contributed by atoms with Gasteiger partial charge in [-0.15, -0.1) is 0 Å². The maximum atomic E-state index is 8.56. The fourth-order valence-electron chi connectivity index (χ4n) is 1.34. The molecule has 0 bridgehead atoms. The van der Waals surface area contributed by atoms with Crippen molar-refractivity contribution in [2.75, 3.05) is 5.32 Å². The summed E-state index contributed by atoms with van der Waals surface area (Å²) in [5.41, 5.74) is 1.83. The Balaban J connectivity index is 2.15. The van der Waals surface area contributed by atoms with Gasteiger partial charge in [-0.1, -0.05) is 23.7 Å². The van der Waals surface area contributed by atoms with E-state index in [0.717, 1.165) is 11.3 Å². The highest BCUT2D eigenvalue weighted by Gasteiger charge is 2.02. The van der Waals surface area contributed by atoms with E-state index in [-0.39, 0.29) is 0 Å². The zero-order valence-corrected chi connectivity index (χ0v) is 9.65. The zero-order valence-electron chi connectivity index (χ0n) is 8.89. The Morgan fingerprint density at radius 3 is 2.53 bits per heavy atom. The van der Waals surface area contributed by atoms with E-state index in [4.69, 9.17) is 16.9 Å². The lowest BCUT2D eigenvalue weighted by Gasteiger charge is -2.06.